The van der Waals surface area contributed by atoms with Crippen molar-refractivity contribution in [1.29, 1.82) is 0 Å². The molecule has 15 nitrogen and oxygen atoms in total. The number of aromatic nitrogens is 10. The molecular formula is C16H22N10O5. The van der Waals surface area contributed by atoms with Crippen molar-refractivity contribution in [2.24, 2.45) is 0 Å². The van der Waals surface area contributed by atoms with Gasteiger partial charge in [-0.15, -0.1) is 20.4 Å². The normalized spacial score (nSPS) is 21.0. The molecule has 4 rings (SSSR count). The quantitative estimate of drug-likeness (QED) is 0.306. The number of nitrogens with zero attached hydrogens (tertiary/aromatic N) is 8. The van der Waals surface area contributed by atoms with E-state index in [1.165, 1.54) is 15.6 Å². The molecule has 0 saturated carbocycles. The van der Waals surface area contributed by atoms with Gasteiger partial charge in [-0.2, -0.15) is 10.0 Å². The summed E-state index contributed by atoms with van der Waals surface area (Å²) in [4.78, 5) is 27.4. The van der Waals surface area contributed by atoms with Crippen LogP contribution in [0.3, 0.4) is 0 Å². The van der Waals surface area contributed by atoms with Crippen molar-refractivity contribution in [2.45, 2.75) is 44.6 Å². The molecule has 166 valence electrons. The molecular weight excluding hydrogens is 412 g/mol. The number of hydrogen-bond donors (Lipinski definition) is 3. The number of aromatic amines is 2. The summed E-state index contributed by atoms with van der Waals surface area (Å²) in [5.74, 6) is 1.06. The summed E-state index contributed by atoms with van der Waals surface area (Å²) in [7, 11) is 0. The largest absolute Gasteiger partial charge is 0.394 e. The molecule has 0 spiro atoms. The smallest absolute Gasteiger partial charge is 0.330 e. The Morgan fingerprint density at radius 2 is 2.06 bits per heavy atom. The van der Waals surface area contributed by atoms with Crippen molar-refractivity contribution in [2.75, 3.05) is 19.8 Å². The zero-order valence-corrected chi connectivity index (χ0v) is 16.7. The molecule has 0 aromatic carbocycles. The van der Waals surface area contributed by atoms with Crippen molar-refractivity contribution < 1.29 is 14.6 Å². The molecule has 3 aromatic rings. The summed E-state index contributed by atoms with van der Waals surface area (Å²) in [6, 6.07) is -0.422. The van der Waals surface area contributed by atoms with Crippen LogP contribution in [0.4, 0.5) is 0 Å². The van der Waals surface area contributed by atoms with Crippen LogP contribution in [0.2, 0.25) is 0 Å². The standard InChI is InChI=1S/C16H22N10O5/c1-9-7-25(16(29)17-15(9)28)14-6-10(11(8-27)31-14)26-21-13(20-24-26)3-5-30-4-2-12-18-22-23-19-12/h7,10-11,14,27H,2-6,8H2,1H3,(H,17,28,29)(H,18,19,22,23)/t10-,11+,14+/m0/s1. The summed E-state index contributed by atoms with van der Waals surface area (Å²) >= 11 is 0. The van der Waals surface area contributed by atoms with Gasteiger partial charge >= 0.3 is 5.69 Å². The predicted octanol–water partition coefficient (Wildman–Crippen LogP) is -2.33. The van der Waals surface area contributed by atoms with Crippen LogP contribution in [0, 0.1) is 6.92 Å². The van der Waals surface area contributed by atoms with Crippen LogP contribution in [-0.4, -0.2) is 81.4 Å². The number of aliphatic hydroxyl groups excluding tert-OH is 1. The van der Waals surface area contributed by atoms with Crippen LogP contribution < -0.4 is 11.2 Å². The Morgan fingerprint density at radius 1 is 1.26 bits per heavy atom. The van der Waals surface area contributed by atoms with Crippen LogP contribution in [0.5, 0.6) is 0 Å². The van der Waals surface area contributed by atoms with Gasteiger partial charge in [-0.05, 0) is 12.1 Å². The maximum atomic E-state index is 12.2. The third-order valence-corrected chi connectivity index (χ3v) is 4.94. The van der Waals surface area contributed by atoms with E-state index in [4.69, 9.17) is 9.47 Å². The number of nitrogens with one attached hydrogen (secondary N) is 2. The topological polar surface area (TPSA) is 192 Å². The molecule has 0 bridgehead atoms. The average Bonchev–Trinajstić information content (AvgIpc) is 3.50. The first-order valence-electron chi connectivity index (χ1n) is 9.72. The molecule has 0 amide bonds. The second-order valence-corrected chi connectivity index (χ2v) is 7.06. The fourth-order valence-corrected chi connectivity index (χ4v) is 3.31. The summed E-state index contributed by atoms with van der Waals surface area (Å²) in [6.45, 7) is 2.14. The molecule has 1 aliphatic rings. The van der Waals surface area contributed by atoms with Crippen LogP contribution in [0.1, 0.15) is 35.9 Å². The number of rotatable bonds is 9. The molecule has 1 aliphatic heterocycles. The van der Waals surface area contributed by atoms with E-state index in [0.717, 1.165) is 0 Å². The van der Waals surface area contributed by atoms with Gasteiger partial charge in [0.1, 0.15) is 18.4 Å². The van der Waals surface area contributed by atoms with Gasteiger partial charge in [-0.1, -0.05) is 5.21 Å². The molecule has 0 unspecified atom stereocenters. The van der Waals surface area contributed by atoms with Crippen LogP contribution >= 0.6 is 0 Å². The zero-order valence-electron chi connectivity index (χ0n) is 16.7. The first-order chi connectivity index (χ1) is 15.0. The van der Waals surface area contributed by atoms with Crippen LogP contribution in [0.25, 0.3) is 0 Å². The minimum Gasteiger partial charge on any atom is -0.394 e. The van der Waals surface area contributed by atoms with Crippen LogP contribution in [0.15, 0.2) is 15.8 Å². The fraction of sp³-hybridized carbons (Fsp3) is 0.625. The Morgan fingerprint density at radius 3 is 2.81 bits per heavy atom. The van der Waals surface area contributed by atoms with E-state index in [-0.39, 0.29) is 6.61 Å². The Labute approximate surface area is 174 Å². The number of ether oxygens (including phenoxy) is 2. The van der Waals surface area contributed by atoms with E-state index in [1.807, 2.05) is 0 Å². The molecule has 0 radical (unpaired) electrons. The highest BCUT2D eigenvalue weighted by Crippen LogP contribution is 2.35. The van der Waals surface area contributed by atoms with Gasteiger partial charge in [0.05, 0.1) is 19.8 Å². The molecule has 15 heteroatoms. The molecule has 0 aliphatic carbocycles. The highest BCUT2D eigenvalue weighted by atomic mass is 16.5. The van der Waals surface area contributed by atoms with E-state index in [9.17, 15) is 14.7 Å². The van der Waals surface area contributed by atoms with Crippen molar-refractivity contribution in [3.05, 3.63) is 44.2 Å². The Bertz CT molecular complexity index is 1110. The minimum absolute atomic E-state index is 0.283. The van der Waals surface area contributed by atoms with Crippen molar-refractivity contribution in [3.63, 3.8) is 0 Å². The molecule has 1 saturated heterocycles. The molecule has 1 fully saturated rings. The number of H-pyrrole nitrogens is 2. The monoisotopic (exact) mass is 434 g/mol. The predicted molar refractivity (Wildman–Crippen MR) is 101 cm³/mol. The number of aliphatic hydroxyl groups is 1. The van der Waals surface area contributed by atoms with Gasteiger partial charge in [0.2, 0.25) is 0 Å². The Hall–Kier alpha value is -3.30. The Balaban J connectivity index is 1.35. The van der Waals surface area contributed by atoms with Crippen molar-refractivity contribution in [3.8, 4) is 0 Å². The Kier molecular flexibility index (Phi) is 6.24. The number of tetrazole rings is 2. The third-order valence-electron chi connectivity index (χ3n) is 4.94. The van der Waals surface area contributed by atoms with E-state index >= 15 is 0 Å². The van der Waals surface area contributed by atoms with Gasteiger partial charge in [-0.25, -0.2) is 4.79 Å². The maximum absolute atomic E-state index is 12.2. The summed E-state index contributed by atoms with van der Waals surface area (Å²) < 4.78 is 12.6. The highest BCUT2D eigenvalue weighted by Gasteiger charge is 2.39. The number of hydrogen-bond acceptors (Lipinski definition) is 11. The van der Waals surface area contributed by atoms with Gasteiger partial charge < -0.3 is 14.6 Å². The fourth-order valence-electron chi connectivity index (χ4n) is 3.31. The van der Waals surface area contributed by atoms with Gasteiger partial charge in [0.15, 0.2) is 11.6 Å². The molecule has 3 aromatic heterocycles. The van der Waals surface area contributed by atoms with Gasteiger partial charge in [-0.3, -0.25) is 14.3 Å². The molecule has 3 atom stereocenters. The summed E-state index contributed by atoms with van der Waals surface area (Å²) in [6.07, 6.45) is 1.46. The first kappa shape index (κ1) is 21.0. The molecule has 31 heavy (non-hydrogen) atoms. The number of aryl methyl sites for hydroxylation is 1. The molecule has 4 heterocycles. The van der Waals surface area contributed by atoms with E-state index in [0.29, 0.717) is 49.7 Å². The molecule has 3 N–H and O–H groups in total. The van der Waals surface area contributed by atoms with E-state index < -0.39 is 29.6 Å². The SMILES string of the molecule is Cc1cn([C@H]2C[C@H](n3nnc(CCOCCc4nn[nH]n4)n3)[C@@H](CO)O2)c(=O)[nH]c1=O. The lowest BCUT2D eigenvalue weighted by atomic mass is 10.1. The van der Waals surface area contributed by atoms with E-state index in [1.54, 1.807) is 6.92 Å². The lowest BCUT2D eigenvalue weighted by Crippen LogP contribution is -2.33. The third kappa shape index (κ3) is 4.73. The van der Waals surface area contributed by atoms with Crippen molar-refractivity contribution in [1.82, 2.24) is 50.4 Å². The lowest BCUT2D eigenvalue weighted by molar-refractivity contribution is -0.0332. The van der Waals surface area contributed by atoms with Gasteiger partial charge in [0, 0.05) is 31.0 Å². The second-order valence-electron chi connectivity index (χ2n) is 7.06. The zero-order chi connectivity index (χ0) is 21.8. The highest BCUT2D eigenvalue weighted by molar-refractivity contribution is 5.02. The van der Waals surface area contributed by atoms with Gasteiger partial charge in [0.25, 0.3) is 5.56 Å². The lowest BCUT2D eigenvalue weighted by Gasteiger charge is -2.15. The average molecular weight is 434 g/mol. The van der Waals surface area contributed by atoms with Crippen LogP contribution in [-0.2, 0) is 22.3 Å². The summed E-state index contributed by atoms with van der Waals surface area (Å²) in [5, 5.41) is 35.7. The summed E-state index contributed by atoms with van der Waals surface area (Å²) in [5.41, 5.74) is -0.646. The first-order valence-corrected chi connectivity index (χ1v) is 9.72. The maximum Gasteiger partial charge on any atom is 0.330 e. The van der Waals surface area contributed by atoms with Crippen molar-refractivity contribution >= 4 is 0 Å². The second kappa shape index (κ2) is 9.23. The van der Waals surface area contributed by atoms with E-state index in [2.05, 4.69) is 41.0 Å². The minimum atomic E-state index is -0.673.